The monoisotopic (exact) mass is 568 g/mol. The van der Waals surface area contributed by atoms with Crippen molar-refractivity contribution in [1.29, 1.82) is 0 Å². The van der Waals surface area contributed by atoms with Crippen molar-refractivity contribution in [2.45, 2.75) is 66.2 Å². The quantitative estimate of drug-likeness (QED) is 0.537. The number of hydrogen-bond donors (Lipinski definition) is 0. The van der Waals surface area contributed by atoms with E-state index in [4.69, 9.17) is 9.47 Å². The summed E-state index contributed by atoms with van der Waals surface area (Å²) in [4.78, 5) is 0. The fraction of sp³-hybridized carbons (Fsp3) is 0.571. The van der Waals surface area contributed by atoms with Crippen LogP contribution in [0.1, 0.15) is 63.5 Å². The van der Waals surface area contributed by atoms with Crippen molar-refractivity contribution in [3.05, 3.63) is 70.3 Å². The summed E-state index contributed by atoms with van der Waals surface area (Å²) in [7, 11) is 0. The second-order valence-corrected chi connectivity index (χ2v) is 7.98. The number of aryl methyl sites for hydroxylation is 2. The van der Waals surface area contributed by atoms with Crippen molar-refractivity contribution in [2.24, 2.45) is 0 Å². The third-order valence-electron chi connectivity index (χ3n) is 4.90. The zero-order valence-corrected chi connectivity index (χ0v) is 24.5. The van der Waals surface area contributed by atoms with Gasteiger partial charge in [0.05, 0.1) is 0 Å². The number of ether oxygens (including phenoxy) is 2. The molecule has 2 fully saturated rings. The Labute approximate surface area is 231 Å². The molecule has 0 bridgehead atoms. The first kappa shape index (κ1) is 38.2. The Morgan fingerprint density at radius 1 is 0.600 bits per heavy atom. The Morgan fingerprint density at radius 2 is 0.914 bits per heavy atom. The average molecular weight is 570 g/mol. The largest absolute Gasteiger partial charge is 4.00 e. The molecule has 0 aliphatic carbocycles. The second-order valence-electron chi connectivity index (χ2n) is 7.98. The van der Waals surface area contributed by atoms with E-state index in [1.54, 1.807) is 0 Å². The van der Waals surface area contributed by atoms with Gasteiger partial charge in [-0.3, -0.25) is 0 Å². The van der Waals surface area contributed by atoms with E-state index in [1.807, 2.05) is 24.3 Å². The Kier molecular flexibility index (Phi) is 29.8. The summed E-state index contributed by atoms with van der Waals surface area (Å²) in [6.45, 7) is 14.3. The third-order valence-corrected chi connectivity index (χ3v) is 4.90. The summed E-state index contributed by atoms with van der Waals surface area (Å²) < 4.78 is 9.89. The minimum absolute atomic E-state index is 0. The van der Waals surface area contributed by atoms with Crippen molar-refractivity contribution < 1.29 is 45.1 Å². The molecule has 0 saturated carbocycles. The van der Waals surface area contributed by atoms with E-state index in [1.165, 1.54) is 36.8 Å². The number of nitrogens with zero attached hydrogens (tertiary/aromatic N) is 2. The van der Waals surface area contributed by atoms with Crippen LogP contribution in [0, 0.1) is 13.8 Å². The number of hydrogen-bond acceptors (Lipinski definition) is 2. The van der Waals surface area contributed by atoms with Crippen LogP contribution in [0.15, 0.2) is 48.5 Å². The normalized spacial score (nSPS) is 12.9. The first-order valence-electron chi connectivity index (χ1n) is 12.3. The molecule has 0 amide bonds. The molecule has 0 unspecified atom stereocenters. The fourth-order valence-electron chi connectivity index (χ4n) is 2.97. The van der Waals surface area contributed by atoms with Crippen LogP contribution in [-0.2, 0) is 35.7 Å². The Bertz CT molecular complexity index is 625. The van der Waals surface area contributed by atoms with Crippen molar-refractivity contribution in [3.63, 3.8) is 0 Å². The molecule has 0 spiro atoms. The zero-order valence-electron chi connectivity index (χ0n) is 22.1. The number of para-hydroxylation sites is 2. The molecule has 2 aromatic carbocycles. The molecule has 196 valence electrons. The first-order valence-corrected chi connectivity index (χ1v) is 12.3. The molecule has 0 aromatic heterocycles. The van der Waals surface area contributed by atoms with Gasteiger partial charge in [0, 0.05) is 26.4 Å². The second kappa shape index (κ2) is 27.3. The first-order chi connectivity index (χ1) is 15.7. The average Bonchev–Trinajstić information content (AvgIpc) is 3.58. The van der Waals surface area contributed by atoms with E-state index in [0.717, 1.165) is 63.7 Å². The molecule has 7 heteroatoms. The van der Waals surface area contributed by atoms with Crippen LogP contribution in [-0.4, -0.2) is 39.5 Å². The number of benzene rings is 2. The maximum absolute atomic E-state index is 4.94. The van der Waals surface area contributed by atoms with Crippen LogP contribution in [0.3, 0.4) is 0 Å². The van der Waals surface area contributed by atoms with E-state index < -0.39 is 0 Å². The van der Waals surface area contributed by atoms with E-state index >= 15 is 0 Å². The van der Waals surface area contributed by atoms with Crippen LogP contribution < -0.4 is 9.41 Å². The van der Waals surface area contributed by atoms with Crippen LogP contribution in [0.25, 0.3) is 10.6 Å². The number of rotatable bonds is 6. The standard InChI is InChI=1S/2C10H14N.2C4H8O.2FH.Zr/c2*1-3-8-11-10-7-5-4-6-9(10)2;2*1-2-4-5-3-1;;;/h2*4-7H,3,8H2,1-2H3;2*1-4H2;2*1H;/q2*-1;;;;;+4/p-2. The van der Waals surface area contributed by atoms with Gasteiger partial charge in [-0.2, -0.15) is 0 Å². The minimum Gasteiger partial charge on any atom is -1.00 e. The van der Waals surface area contributed by atoms with Gasteiger partial charge in [0.1, 0.15) is 0 Å². The van der Waals surface area contributed by atoms with Crippen molar-refractivity contribution in [1.82, 2.24) is 0 Å². The van der Waals surface area contributed by atoms with Gasteiger partial charge in [-0.1, -0.05) is 86.3 Å². The van der Waals surface area contributed by atoms with Gasteiger partial charge in [-0.05, 0) is 39.5 Å². The Balaban J connectivity index is -0.000000400. The fourth-order valence-corrected chi connectivity index (χ4v) is 2.97. The molecule has 0 atom stereocenters. The molecule has 0 radical (unpaired) electrons. The molecule has 0 N–H and O–H groups in total. The summed E-state index contributed by atoms with van der Waals surface area (Å²) in [5.74, 6) is 0. The summed E-state index contributed by atoms with van der Waals surface area (Å²) in [6, 6.07) is 16.4. The molecule has 2 aliphatic rings. The van der Waals surface area contributed by atoms with Crippen LogP contribution in [0.2, 0.25) is 0 Å². The molecule has 4 nitrogen and oxygen atoms in total. The Hall–Kier alpha value is -1.30. The number of halogens is 2. The maximum Gasteiger partial charge on any atom is 4.00 e. The van der Waals surface area contributed by atoms with Gasteiger partial charge in [-0.15, -0.1) is 24.5 Å². The molecule has 2 aliphatic heterocycles. The van der Waals surface area contributed by atoms with Gasteiger partial charge in [0.2, 0.25) is 0 Å². The van der Waals surface area contributed by atoms with E-state index in [-0.39, 0.29) is 35.6 Å². The van der Waals surface area contributed by atoms with Crippen LogP contribution in [0.4, 0.5) is 11.4 Å². The van der Waals surface area contributed by atoms with Gasteiger partial charge < -0.3 is 29.5 Å². The SMILES string of the molecule is C1CCOC1.C1CCOC1.CCC[N-]c1ccccc1C.CCC[N-]c1ccccc1C.[F-].[F-].[Zr+4]. The predicted molar refractivity (Wildman–Crippen MR) is 139 cm³/mol. The van der Waals surface area contributed by atoms with Crippen molar-refractivity contribution in [3.8, 4) is 0 Å². The molecule has 2 saturated heterocycles. The van der Waals surface area contributed by atoms with E-state index in [9.17, 15) is 0 Å². The predicted octanol–water partition coefficient (Wildman–Crippen LogP) is 2.42. The zero-order chi connectivity index (χ0) is 23.3. The molecular weight excluding hydrogens is 526 g/mol. The van der Waals surface area contributed by atoms with Gasteiger partial charge in [0.25, 0.3) is 0 Å². The topological polar surface area (TPSA) is 46.7 Å². The van der Waals surface area contributed by atoms with Gasteiger partial charge in [0.15, 0.2) is 0 Å². The molecule has 35 heavy (non-hydrogen) atoms. The van der Waals surface area contributed by atoms with E-state index in [2.05, 4.69) is 62.6 Å². The van der Waals surface area contributed by atoms with Gasteiger partial charge in [-0.25, -0.2) is 0 Å². The molecule has 4 rings (SSSR count). The molecule has 2 heterocycles. The molecular formula is C28H44F2N2O2Zr. The maximum atomic E-state index is 4.94. The smallest absolute Gasteiger partial charge is 1.00 e. The van der Waals surface area contributed by atoms with Crippen molar-refractivity contribution >= 4 is 11.4 Å². The third kappa shape index (κ3) is 20.6. The van der Waals surface area contributed by atoms with Gasteiger partial charge >= 0.3 is 26.2 Å². The van der Waals surface area contributed by atoms with E-state index in [0.29, 0.717) is 0 Å². The van der Waals surface area contributed by atoms with Crippen LogP contribution in [0.5, 0.6) is 0 Å². The van der Waals surface area contributed by atoms with Crippen molar-refractivity contribution in [2.75, 3.05) is 39.5 Å². The summed E-state index contributed by atoms with van der Waals surface area (Å²) >= 11 is 0. The Morgan fingerprint density at radius 3 is 1.14 bits per heavy atom. The summed E-state index contributed by atoms with van der Waals surface area (Å²) in [5, 5.41) is 8.85. The van der Waals surface area contributed by atoms with Crippen LogP contribution >= 0.6 is 0 Å². The summed E-state index contributed by atoms with van der Waals surface area (Å²) in [6.07, 6.45) is 7.35. The molecule has 2 aromatic rings. The minimum atomic E-state index is 0. The summed E-state index contributed by atoms with van der Waals surface area (Å²) in [5.41, 5.74) is 4.80.